The highest BCUT2D eigenvalue weighted by Crippen LogP contribution is 2.21. The first-order valence-corrected chi connectivity index (χ1v) is 16.7. The normalized spacial score (nSPS) is 30.4. The highest BCUT2D eigenvalue weighted by molar-refractivity contribution is 5.88. The molecule has 1 heterocycles. The van der Waals surface area contributed by atoms with Crippen LogP contribution in [-0.2, 0) is 28.6 Å². The number of ether oxygens (including phenoxy) is 3. The lowest BCUT2D eigenvalue weighted by molar-refractivity contribution is -0.144. The molecule has 0 spiro atoms. The van der Waals surface area contributed by atoms with Crippen LogP contribution < -0.4 is 10.6 Å². The van der Waals surface area contributed by atoms with Gasteiger partial charge in [-0.2, -0.15) is 0 Å². The summed E-state index contributed by atoms with van der Waals surface area (Å²) in [6.07, 6.45) is 28.8. The number of esters is 1. The lowest BCUT2D eigenvalue weighted by atomic mass is 9.96. The summed E-state index contributed by atoms with van der Waals surface area (Å²) in [5.74, 6) is -0.781. The molecule has 48 heavy (non-hydrogen) atoms. The molecular weight excluding hydrogens is 604 g/mol. The Labute approximate surface area is 289 Å². The maximum absolute atomic E-state index is 13.4. The number of carbonyl (C=O) groups is 3. The van der Waals surface area contributed by atoms with Crippen molar-refractivity contribution in [2.45, 2.75) is 86.0 Å². The second kappa shape index (κ2) is 24.2. The van der Waals surface area contributed by atoms with Gasteiger partial charge in [-0.25, -0.2) is 4.79 Å². The van der Waals surface area contributed by atoms with Crippen LogP contribution in [0.5, 0.6) is 0 Å². The highest BCUT2D eigenvalue weighted by Gasteiger charge is 2.22. The fraction of sp³-hybridized carbons (Fsp3) is 0.475. The third kappa shape index (κ3) is 18.4. The minimum absolute atomic E-state index is 0.00826. The van der Waals surface area contributed by atoms with Crippen molar-refractivity contribution in [2.75, 3.05) is 27.3 Å². The van der Waals surface area contributed by atoms with Crippen LogP contribution in [0.2, 0.25) is 0 Å². The number of nitrogens with one attached hydrogen (secondary N) is 2. The van der Waals surface area contributed by atoms with Crippen LogP contribution in [0.25, 0.3) is 0 Å². The third-order valence-electron chi connectivity index (χ3n) is 7.77. The molecule has 0 unspecified atom stereocenters. The van der Waals surface area contributed by atoms with Crippen LogP contribution in [0.15, 0.2) is 107 Å². The van der Waals surface area contributed by atoms with Gasteiger partial charge < -0.3 is 24.8 Å². The average molecular weight is 663 g/mol. The van der Waals surface area contributed by atoms with E-state index in [4.69, 9.17) is 14.2 Å². The van der Waals surface area contributed by atoms with E-state index in [2.05, 4.69) is 54.0 Å². The quantitative estimate of drug-likeness (QED) is 0.154. The number of allylic oxidation sites excluding steroid dienone is 11. The maximum atomic E-state index is 13.4. The molecule has 1 aliphatic heterocycles. The summed E-state index contributed by atoms with van der Waals surface area (Å²) in [5, 5.41) is 5.10. The largest absolute Gasteiger partial charge is 0.454 e. The smallest absolute Gasteiger partial charge is 0.334 e. The predicted octanol–water partition coefficient (Wildman–Crippen LogP) is 7.20. The van der Waals surface area contributed by atoms with Gasteiger partial charge in [-0.1, -0.05) is 110 Å². The van der Waals surface area contributed by atoms with E-state index < -0.39 is 6.10 Å². The van der Waals surface area contributed by atoms with Gasteiger partial charge in [0.15, 0.2) is 0 Å². The Morgan fingerprint density at radius 2 is 1.65 bits per heavy atom. The number of carbonyl (C=O) groups excluding carboxylic acids is 3. The first kappa shape index (κ1) is 42.0. The number of hydrogen-bond donors (Lipinski definition) is 2. The van der Waals surface area contributed by atoms with Crippen molar-refractivity contribution in [3.63, 3.8) is 0 Å². The predicted molar refractivity (Wildman–Crippen MR) is 196 cm³/mol. The second-order valence-electron chi connectivity index (χ2n) is 12.3. The van der Waals surface area contributed by atoms with E-state index in [1.807, 2.05) is 77.2 Å². The number of cyclic esters (lactones) is 1. The Kier molecular flexibility index (Phi) is 21.2. The lowest BCUT2D eigenvalue weighted by Crippen LogP contribution is -2.34. The van der Waals surface area contributed by atoms with Gasteiger partial charge in [0.25, 0.3) is 0 Å². The Morgan fingerprint density at radius 1 is 0.938 bits per heavy atom. The van der Waals surface area contributed by atoms with E-state index in [9.17, 15) is 14.4 Å². The van der Waals surface area contributed by atoms with E-state index >= 15 is 0 Å². The lowest BCUT2D eigenvalue weighted by Gasteiger charge is -2.23. The molecule has 2 N–H and O–H groups in total. The van der Waals surface area contributed by atoms with Gasteiger partial charge in [-0.15, -0.1) is 0 Å². The molecule has 8 nitrogen and oxygen atoms in total. The van der Waals surface area contributed by atoms with Crippen molar-refractivity contribution >= 4 is 18.3 Å². The van der Waals surface area contributed by atoms with Crippen molar-refractivity contribution < 1.29 is 28.6 Å². The van der Waals surface area contributed by atoms with Gasteiger partial charge in [0, 0.05) is 32.3 Å². The molecular formula is C40H58N2O6. The Hall–Kier alpha value is -4.01. The topological polar surface area (TPSA) is 103 Å². The van der Waals surface area contributed by atoms with Crippen molar-refractivity contribution in [1.82, 2.24) is 10.6 Å². The van der Waals surface area contributed by atoms with Crippen molar-refractivity contribution in [3.05, 3.63) is 107 Å². The summed E-state index contributed by atoms with van der Waals surface area (Å²) in [6, 6.07) is 0. The SMILES string of the molecule is CO[C@@H]1/C=C(C)/C=C/[C@@H](C)/C=C(\C)C(=O)O[C@H](/C(C)=C/C=C(\C)CNC(=O)CNC=O)[C@@H](C)/C=C/C=C/[C@@H](OC)CC/C=C(C)\C=C\C1. The van der Waals surface area contributed by atoms with E-state index in [-0.39, 0.29) is 42.5 Å². The number of hydrogen-bond acceptors (Lipinski definition) is 6. The molecule has 8 heteroatoms. The van der Waals surface area contributed by atoms with Gasteiger partial charge >= 0.3 is 5.97 Å². The van der Waals surface area contributed by atoms with Gasteiger partial charge in [-0.3, -0.25) is 9.59 Å². The third-order valence-corrected chi connectivity index (χ3v) is 7.77. The zero-order valence-electron chi connectivity index (χ0n) is 30.5. The molecule has 0 aromatic heterocycles. The summed E-state index contributed by atoms with van der Waals surface area (Å²) in [7, 11) is 3.43. The Bertz CT molecular complexity index is 1310. The van der Waals surface area contributed by atoms with Gasteiger partial charge in [0.2, 0.25) is 12.3 Å². The molecule has 2 amide bonds. The van der Waals surface area contributed by atoms with E-state index in [1.54, 1.807) is 21.1 Å². The number of amides is 2. The molecule has 0 aromatic rings. The molecule has 0 aliphatic carbocycles. The Balaban J connectivity index is 3.38. The second-order valence-corrected chi connectivity index (χ2v) is 12.3. The van der Waals surface area contributed by atoms with Crippen LogP contribution >= 0.6 is 0 Å². The van der Waals surface area contributed by atoms with Crippen LogP contribution in [-0.4, -0.2) is 63.9 Å². The number of rotatable bonds is 9. The van der Waals surface area contributed by atoms with E-state index in [0.29, 0.717) is 18.5 Å². The molecule has 0 saturated heterocycles. The van der Waals surface area contributed by atoms with Crippen LogP contribution in [0.3, 0.4) is 0 Å². The number of methoxy groups -OCH3 is 2. The van der Waals surface area contributed by atoms with Gasteiger partial charge in [0.1, 0.15) is 6.10 Å². The van der Waals surface area contributed by atoms with E-state index in [0.717, 1.165) is 36.0 Å². The molecule has 1 aliphatic rings. The first-order chi connectivity index (χ1) is 22.9. The van der Waals surface area contributed by atoms with Gasteiger partial charge in [0.05, 0.1) is 18.8 Å². The zero-order valence-corrected chi connectivity index (χ0v) is 30.5. The summed E-state index contributed by atoms with van der Waals surface area (Å²) in [4.78, 5) is 35.6. The van der Waals surface area contributed by atoms with Crippen molar-refractivity contribution in [3.8, 4) is 0 Å². The molecule has 0 radical (unpaired) electrons. The minimum atomic E-state index is -0.520. The minimum Gasteiger partial charge on any atom is -0.454 e. The first-order valence-electron chi connectivity index (χ1n) is 16.7. The summed E-state index contributed by atoms with van der Waals surface area (Å²) in [5.41, 5.74) is 4.58. The molecule has 0 bridgehead atoms. The molecule has 0 fully saturated rings. The van der Waals surface area contributed by atoms with Crippen LogP contribution in [0.4, 0.5) is 0 Å². The maximum Gasteiger partial charge on any atom is 0.334 e. The zero-order chi connectivity index (χ0) is 35.9. The van der Waals surface area contributed by atoms with E-state index in [1.165, 1.54) is 5.57 Å². The summed E-state index contributed by atoms with van der Waals surface area (Å²) >= 11 is 0. The fourth-order valence-electron chi connectivity index (χ4n) is 4.84. The van der Waals surface area contributed by atoms with Gasteiger partial charge in [-0.05, 0) is 65.4 Å². The van der Waals surface area contributed by atoms with Crippen molar-refractivity contribution in [2.24, 2.45) is 11.8 Å². The molecule has 0 aromatic carbocycles. The molecule has 1 rings (SSSR count). The monoisotopic (exact) mass is 662 g/mol. The van der Waals surface area contributed by atoms with Crippen LogP contribution in [0.1, 0.15) is 67.7 Å². The Morgan fingerprint density at radius 3 is 2.33 bits per heavy atom. The summed E-state index contributed by atoms with van der Waals surface area (Å²) < 4.78 is 17.5. The average Bonchev–Trinajstić information content (AvgIpc) is 3.06. The fourth-order valence-corrected chi connectivity index (χ4v) is 4.84. The van der Waals surface area contributed by atoms with Crippen molar-refractivity contribution in [1.29, 1.82) is 0 Å². The summed E-state index contributed by atoms with van der Waals surface area (Å²) in [6.45, 7) is 14.1. The standard InChI is InChI=1S/C40H58N2O6/c1-29-14-12-18-36(46-8)17-11-10-16-33(5)39(34(6)23-22-32(4)26-42-38(44)27-41-28-43)48-40(45)35(7)24-30(2)20-21-31(3)25-37(47-9)19-13-15-29/h10-11,13-17,20-25,28,30,33,36-37,39H,12,18-19,26-27H2,1-9H3,(H,41,43)(H,42,44)/b15-13+,16-10+,17-11+,21-20+,29-14-,31-25+,32-22+,34-23+,35-24+/t30-,33+,36-,37+,39+/m1/s1. The molecule has 0 saturated carbocycles. The highest BCUT2D eigenvalue weighted by atomic mass is 16.5. The van der Waals surface area contributed by atoms with Crippen LogP contribution in [0, 0.1) is 11.8 Å². The molecule has 5 atom stereocenters. The molecule has 264 valence electrons.